The number of aliphatic hydroxyl groups is 1. The Kier molecular flexibility index (Phi) is 15.6. The molecule has 0 bridgehead atoms. The number of hydrogen-bond donors (Lipinski definition) is 2. The van der Waals surface area contributed by atoms with E-state index in [-0.39, 0.29) is 6.10 Å². The summed E-state index contributed by atoms with van der Waals surface area (Å²) in [6.45, 7) is 2.18. The van der Waals surface area contributed by atoms with E-state index >= 15 is 0 Å². The number of unbranched alkanes of at least 4 members (excludes halogenated alkanes) is 5. The molecule has 1 atom stereocenters. The van der Waals surface area contributed by atoms with Crippen LogP contribution in [0.3, 0.4) is 0 Å². The van der Waals surface area contributed by atoms with Gasteiger partial charge in [-0.1, -0.05) is 81.6 Å². The summed E-state index contributed by atoms with van der Waals surface area (Å²) >= 11 is 0. The molecule has 130 valence electrons. The van der Waals surface area contributed by atoms with Crippen LogP contribution in [0, 0.1) is 0 Å². The molecule has 3 heteroatoms. The van der Waals surface area contributed by atoms with Crippen molar-refractivity contribution >= 4 is 5.97 Å². The Labute approximate surface area is 141 Å². The SMILES string of the molecule is CCCCCC(O)CCCCC/C=C/C=C/C=C/C=C/C(=O)O. The molecule has 0 fully saturated rings. The average molecular weight is 320 g/mol. The maximum atomic E-state index is 10.2. The molecule has 3 nitrogen and oxygen atoms in total. The lowest BCUT2D eigenvalue weighted by atomic mass is 10.0. The lowest BCUT2D eigenvalue weighted by Gasteiger charge is -2.09. The highest BCUT2D eigenvalue weighted by Crippen LogP contribution is 2.11. The fourth-order valence-corrected chi connectivity index (χ4v) is 2.16. The van der Waals surface area contributed by atoms with Crippen LogP contribution in [0.4, 0.5) is 0 Å². The van der Waals surface area contributed by atoms with E-state index in [1.807, 2.05) is 18.2 Å². The van der Waals surface area contributed by atoms with Crippen LogP contribution in [0.15, 0.2) is 48.6 Å². The van der Waals surface area contributed by atoms with Gasteiger partial charge < -0.3 is 10.2 Å². The standard InChI is InChI=1S/C20H32O3/c1-2-3-13-16-19(21)17-14-11-9-7-5-4-6-8-10-12-15-18-20(22)23/h4-6,8,10,12,15,18-19,21H,2-3,7,9,11,13-14,16-17H2,1H3,(H,22,23)/b5-4+,8-6+,12-10+,18-15+. The van der Waals surface area contributed by atoms with Gasteiger partial charge >= 0.3 is 5.97 Å². The van der Waals surface area contributed by atoms with Gasteiger partial charge in [-0.2, -0.15) is 0 Å². The third kappa shape index (κ3) is 18.3. The van der Waals surface area contributed by atoms with E-state index in [9.17, 15) is 9.90 Å². The second-order valence-electron chi connectivity index (χ2n) is 5.68. The number of carbonyl (C=O) groups is 1. The number of rotatable bonds is 14. The molecule has 0 rings (SSSR count). The van der Waals surface area contributed by atoms with Crippen LogP contribution in [0.2, 0.25) is 0 Å². The Balaban J connectivity index is 3.48. The molecule has 1 unspecified atom stereocenters. The molecule has 0 heterocycles. The summed E-state index contributed by atoms with van der Waals surface area (Å²) in [5.41, 5.74) is 0. The molecule has 0 aliphatic heterocycles. The van der Waals surface area contributed by atoms with E-state index in [1.54, 1.807) is 12.2 Å². The Hall–Kier alpha value is -1.61. The summed E-state index contributed by atoms with van der Waals surface area (Å²) in [5.74, 6) is -0.938. The second-order valence-corrected chi connectivity index (χ2v) is 5.68. The summed E-state index contributed by atoms with van der Waals surface area (Å²) in [5, 5.41) is 18.2. The van der Waals surface area contributed by atoms with Crippen molar-refractivity contribution in [3.8, 4) is 0 Å². The van der Waals surface area contributed by atoms with Gasteiger partial charge in [0.2, 0.25) is 0 Å². The zero-order chi connectivity index (χ0) is 17.2. The van der Waals surface area contributed by atoms with Crippen molar-refractivity contribution < 1.29 is 15.0 Å². The van der Waals surface area contributed by atoms with Gasteiger partial charge in [0.25, 0.3) is 0 Å². The van der Waals surface area contributed by atoms with Gasteiger partial charge in [-0.25, -0.2) is 4.79 Å². The lowest BCUT2D eigenvalue weighted by Crippen LogP contribution is -2.05. The van der Waals surface area contributed by atoms with Crippen LogP contribution >= 0.6 is 0 Å². The molecule has 0 aliphatic rings. The Morgan fingerprint density at radius 1 is 0.870 bits per heavy atom. The molecule has 0 radical (unpaired) electrons. The molecule has 0 aliphatic carbocycles. The first-order chi connectivity index (χ1) is 11.2. The minimum Gasteiger partial charge on any atom is -0.478 e. The number of aliphatic hydroxyl groups excluding tert-OH is 1. The van der Waals surface area contributed by atoms with Crippen molar-refractivity contribution in [3.05, 3.63) is 48.6 Å². The highest BCUT2D eigenvalue weighted by molar-refractivity contribution is 5.80. The Morgan fingerprint density at radius 2 is 1.48 bits per heavy atom. The number of carboxylic acids is 1. The highest BCUT2D eigenvalue weighted by atomic mass is 16.4. The number of hydrogen-bond acceptors (Lipinski definition) is 2. The first-order valence-corrected chi connectivity index (χ1v) is 8.74. The summed E-state index contributed by atoms with van der Waals surface area (Å²) in [6, 6.07) is 0. The van der Waals surface area contributed by atoms with Crippen molar-refractivity contribution in [2.24, 2.45) is 0 Å². The Bertz CT molecular complexity index is 392. The van der Waals surface area contributed by atoms with Crippen molar-refractivity contribution in [2.75, 3.05) is 0 Å². The van der Waals surface area contributed by atoms with Gasteiger partial charge in [0.15, 0.2) is 0 Å². The van der Waals surface area contributed by atoms with Crippen molar-refractivity contribution in [1.29, 1.82) is 0 Å². The van der Waals surface area contributed by atoms with Crippen LogP contribution in [0.25, 0.3) is 0 Å². The summed E-state index contributed by atoms with van der Waals surface area (Å²) in [6.07, 6.45) is 23.9. The molecule has 0 aromatic rings. The summed E-state index contributed by atoms with van der Waals surface area (Å²) in [7, 11) is 0. The number of aliphatic carboxylic acids is 1. The van der Waals surface area contributed by atoms with Gasteiger partial charge in [0, 0.05) is 6.08 Å². The van der Waals surface area contributed by atoms with Crippen LogP contribution < -0.4 is 0 Å². The van der Waals surface area contributed by atoms with Crippen LogP contribution in [-0.4, -0.2) is 22.3 Å². The minimum atomic E-state index is -0.938. The second kappa shape index (κ2) is 16.8. The predicted molar refractivity (Wildman–Crippen MR) is 97.4 cm³/mol. The van der Waals surface area contributed by atoms with E-state index < -0.39 is 5.97 Å². The monoisotopic (exact) mass is 320 g/mol. The van der Waals surface area contributed by atoms with Crippen LogP contribution in [0.5, 0.6) is 0 Å². The third-order valence-corrected chi connectivity index (χ3v) is 3.48. The zero-order valence-electron chi connectivity index (χ0n) is 14.4. The molecule has 0 spiro atoms. The van der Waals surface area contributed by atoms with Gasteiger partial charge in [-0.05, 0) is 25.7 Å². The minimum absolute atomic E-state index is 0.109. The first-order valence-electron chi connectivity index (χ1n) is 8.74. The van der Waals surface area contributed by atoms with Crippen molar-refractivity contribution in [1.82, 2.24) is 0 Å². The van der Waals surface area contributed by atoms with E-state index in [2.05, 4.69) is 13.0 Å². The van der Waals surface area contributed by atoms with E-state index in [0.717, 1.165) is 44.6 Å². The van der Waals surface area contributed by atoms with E-state index in [0.29, 0.717) is 0 Å². The highest BCUT2D eigenvalue weighted by Gasteiger charge is 2.02. The van der Waals surface area contributed by atoms with Gasteiger partial charge in [0.1, 0.15) is 0 Å². The molecule has 0 amide bonds. The lowest BCUT2D eigenvalue weighted by molar-refractivity contribution is -0.131. The van der Waals surface area contributed by atoms with Gasteiger partial charge in [-0.3, -0.25) is 0 Å². The molecule has 0 aromatic carbocycles. The molecule has 0 saturated carbocycles. The van der Waals surface area contributed by atoms with Gasteiger partial charge in [-0.15, -0.1) is 0 Å². The number of carboxylic acid groups (broad SMARTS) is 1. The number of allylic oxidation sites excluding steroid dienone is 7. The van der Waals surface area contributed by atoms with E-state index in [4.69, 9.17) is 5.11 Å². The first kappa shape index (κ1) is 21.4. The van der Waals surface area contributed by atoms with E-state index in [1.165, 1.54) is 25.3 Å². The van der Waals surface area contributed by atoms with Crippen LogP contribution in [0.1, 0.15) is 64.7 Å². The molecule has 23 heavy (non-hydrogen) atoms. The Morgan fingerprint density at radius 3 is 2.13 bits per heavy atom. The zero-order valence-corrected chi connectivity index (χ0v) is 14.4. The summed E-state index contributed by atoms with van der Waals surface area (Å²) in [4.78, 5) is 10.2. The molecule has 2 N–H and O–H groups in total. The third-order valence-electron chi connectivity index (χ3n) is 3.48. The fourth-order valence-electron chi connectivity index (χ4n) is 2.16. The normalized spacial score (nSPS) is 13.8. The molecule has 0 saturated heterocycles. The quantitative estimate of drug-likeness (QED) is 0.263. The topological polar surface area (TPSA) is 57.5 Å². The smallest absolute Gasteiger partial charge is 0.328 e. The molecular formula is C20H32O3. The maximum Gasteiger partial charge on any atom is 0.328 e. The average Bonchev–Trinajstić information content (AvgIpc) is 2.51. The van der Waals surface area contributed by atoms with Gasteiger partial charge in [0.05, 0.1) is 6.10 Å². The van der Waals surface area contributed by atoms with Crippen LogP contribution in [-0.2, 0) is 4.79 Å². The summed E-state index contributed by atoms with van der Waals surface area (Å²) < 4.78 is 0. The van der Waals surface area contributed by atoms with Crippen molar-refractivity contribution in [3.63, 3.8) is 0 Å². The maximum absolute atomic E-state index is 10.2. The molecule has 0 aromatic heterocycles. The molecular weight excluding hydrogens is 288 g/mol. The largest absolute Gasteiger partial charge is 0.478 e. The predicted octanol–water partition coefficient (Wildman–Crippen LogP) is 5.19. The van der Waals surface area contributed by atoms with Crippen molar-refractivity contribution in [2.45, 2.75) is 70.8 Å². The fraction of sp³-hybridized carbons (Fsp3) is 0.550.